The Labute approximate surface area is 211 Å². The first kappa shape index (κ1) is 27.0. The topological polar surface area (TPSA) is 105 Å². The third-order valence-electron chi connectivity index (χ3n) is 6.17. The number of nitrogens with one attached hydrogen (secondary N) is 1. The molecule has 1 amide bonds. The van der Waals surface area contributed by atoms with Crippen LogP contribution in [0, 0.1) is 0 Å². The minimum Gasteiger partial charge on any atom is -0.482 e. The van der Waals surface area contributed by atoms with Crippen molar-refractivity contribution < 1.29 is 29.3 Å². The first-order chi connectivity index (χ1) is 16.4. The van der Waals surface area contributed by atoms with Gasteiger partial charge in [0, 0.05) is 35.4 Å². The number of carbonyl (C=O) groups excluding carboxylic acids is 1. The van der Waals surface area contributed by atoms with Gasteiger partial charge in [0.25, 0.3) is 0 Å². The molecule has 2 aromatic rings. The minimum absolute atomic E-state index is 0.00935. The molecule has 3 N–H and O–H groups in total. The van der Waals surface area contributed by atoms with E-state index in [9.17, 15) is 19.8 Å². The molecule has 7 nitrogen and oxygen atoms in total. The summed E-state index contributed by atoms with van der Waals surface area (Å²) in [6.45, 7) is 7.54. The first-order valence-corrected chi connectivity index (χ1v) is 12.1. The standard InChI is InChI=1S/C27H34ClNO6/c1-26(2,3)18-8-9-21(34-16-25(32)33)20(13-18)23-15-27(4,29-24(31)10-11-30)14-22(35-23)17-6-5-7-19(28)12-17/h5-9,12-13,22-23,30H,10-11,14-16H2,1-4H3,(H,29,31)(H,32,33)/t22-,23+,27-/m0/s1. The number of carbonyl (C=O) groups is 2. The highest BCUT2D eigenvalue weighted by molar-refractivity contribution is 6.30. The molecule has 0 saturated carbocycles. The third kappa shape index (κ3) is 7.19. The number of rotatable bonds is 8. The second-order valence-corrected chi connectivity index (χ2v) is 10.8. The zero-order valence-corrected chi connectivity index (χ0v) is 21.4. The molecule has 3 atom stereocenters. The fraction of sp³-hybridized carbons (Fsp3) is 0.481. The number of aliphatic hydroxyl groups excluding tert-OH is 1. The molecule has 35 heavy (non-hydrogen) atoms. The van der Waals surface area contributed by atoms with E-state index in [0.29, 0.717) is 23.6 Å². The van der Waals surface area contributed by atoms with Gasteiger partial charge in [0.15, 0.2) is 6.61 Å². The zero-order chi connectivity index (χ0) is 25.8. The van der Waals surface area contributed by atoms with Crippen LogP contribution >= 0.6 is 11.6 Å². The molecular weight excluding hydrogens is 470 g/mol. The summed E-state index contributed by atoms with van der Waals surface area (Å²) in [5, 5.41) is 22.1. The Morgan fingerprint density at radius 3 is 2.51 bits per heavy atom. The number of hydrogen-bond acceptors (Lipinski definition) is 5. The number of aliphatic carboxylic acids is 1. The van der Waals surface area contributed by atoms with Crippen LogP contribution < -0.4 is 10.1 Å². The summed E-state index contributed by atoms with van der Waals surface area (Å²) in [4.78, 5) is 23.7. The van der Waals surface area contributed by atoms with Crippen LogP contribution in [-0.4, -0.2) is 40.8 Å². The first-order valence-electron chi connectivity index (χ1n) is 11.7. The van der Waals surface area contributed by atoms with Crippen molar-refractivity contribution in [3.8, 4) is 5.75 Å². The number of halogens is 1. The van der Waals surface area contributed by atoms with Gasteiger partial charge in [-0.1, -0.05) is 50.6 Å². The van der Waals surface area contributed by atoms with E-state index in [-0.39, 0.29) is 30.5 Å². The fourth-order valence-electron chi connectivity index (χ4n) is 4.42. The van der Waals surface area contributed by atoms with Crippen LogP contribution in [0.5, 0.6) is 5.75 Å². The van der Waals surface area contributed by atoms with E-state index in [4.69, 9.17) is 21.1 Å². The number of carboxylic acid groups (broad SMARTS) is 1. The summed E-state index contributed by atoms with van der Waals surface area (Å²) in [6.07, 6.45) is 0.0923. The number of ether oxygens (including phenoxy) is 2. The second-order valence-electron chi connectivity index (χ2n) is 10.3. The summed E-state index contributed by atoms with van der Waals surface area (Å²) < 4.78 is 12.2. The normalized spacial score (nSPS) is 22.5. The summed E-state index contributed by atoms with van der Waals surface area (Å²) in [5.41, 5.74) is 1.86. The van der Waals surface area contributed by atoms with Crippen LogP contribution in [-0.2, 0) is 19.7 Å². The molecule has 0 radical (unpaired) electrons. The van der Waals surface area contributed by atoms with E-state index in [1.54, 1.807) is 12.1 Å². The molecule has 8 heteroatoms. The molecule has 0 spiro atoms. The third-order valence-corrected chi connectivity index (χ3v) is 6.41. The molecule has 0 unspecified atom stereocenters. The van der Waals surface area contributed by atoms with Crippen LogP contribution in [0.1, 0.15) is 75.9 Å². The molecule has 1 heterocycles. The largest absolute Gasteiger partial charge is 0.482 e. The molecule has 1 aliphatic heterocycles. The van der Waals surface area contributed by atoms with Crippen LogP contribution in [0.15, 0.2) is 42.5 Å². The van der Waals surface area contributed by atoms with Gasteiger partial charge in [-0.25, -0.2) is 4.79 Å². The molecule has 0 aromatic heterocycles. The van der Waals surface area contributed by atoms with Gasteiger partial charge in [0.2, 0.25) is 5.91 Å². The van der Waals surface area contributed by atoms with E-state index < -0.39 is 24.2 Å². The average Bonchev–Trinajstić information content (AvgIpc) is 2.76. The van der Waals surface area contributed by atoms with E-state index >= 15 is 0 Å². The predicted molar refractivity (Wildman–Crippen MR) is 134 cm³/mol. The van der Waals surface area contributed by atoms with E-state index in [1.807, 2.05) is 37.3 Å². The van der Waals surface area contributed by atoms with Crippen molar-refractivity contribution in [2.45, 2.75) is 70.1 Å². The highest BCUT2D eigenvalue weighted by Crippen LogP contribution is 2.46. The lowest BCUT2D eigenvalue weighted by atomic mass is 9.79. The van der Waals surface area contributed by atoms with E-state index in [1.165, 1.54) is 0 Å². The molecule has 2 aromatic carbocycles. The molecule has 0 aliphatic carbocycles. The molecule has 1 fully saturated rings. The van der Waals surface area contributed by atoms with Gasteiger partial charge < -0.3 is 25.0 Å². The predicted octanol–water partition coefficient (Wildman–Crippen LogP) is 4.95. The van der Waals surface area contributed by atoms with Gasteiger partial charge in [-0.2, -0.15) is 0 Å². The lowest BCUT2D eigenvalue weighted by molar-refractivity contribution is -0.139. The monoisotopic (exact) mass is 503 g/mol. The van der Waals surface area contributed by atoms with E-state index in [0.717, 1.165) is 16.7 Å². The van der Waals surface area contributed by atoms with Crippen molar-refractivity contribution in [3.05, 3.63) is 64.2 Å². The van der Waals surface area contributed by atoms with Crippen molar-refractivity contribution in [1.29, 1.82) is 0 Å². The Hall–Kier alpha value is -2.61. The lowest BCUT2D eigenvalue weighted by Gasteiger charge is -2.44. The van der Waals surface area contributed by atoms with Crippen LogP contribution in [0.25, 0.3) is 0 Å². The highest BCUT2D eigenvalue weighted by Gasteiger charge is 2.41. The van der Waals surface area contributed by atoms with Crippen molar-refractivity contribution in [3.63, 3.8) is 0 Å². The van der Waals surface area contributed by atoms with Crippen LogP contribution in [0.4, 0.5) is 0 Å². The van der Waals surface area contributed by atoms with Crippen molar-refractivity contribution >= 4 is 23.5 Å². The van der Waals surface area contributed by atoms with Crippen LogP contribution in [0.3, 0.4) is 0 Å². The second kappa shape index (κ2) is 11.0. The van der Waals surface area contributed by atoms with Gasteiger partial charge >= 0.3 is 5.97 Å². The molecule has 1 aliphatic rings. The number of hydrogen-bond donors (Lipinski definition) is 3. The summed E-state index contributed by atoms with van der Waals surface area (Å²) in [6, 6.07) is 13.1. The molecule has 3 rings (SSSR count). The van der Waals surface area contributed by atoms with Crippen molar-refractivity contribution in [2.24, 2.45) is 0 Å². The zero-order valence-electron chi connectivity index (χ0n) is 20.6. The maximum Gasteiger partial charge on any atom is 0.341 e. The van der Waals surface area contributed by atoms with Gasteiger partial charge in [0.1, 0.15) is 5.75 Å². The maximum atomic E-state index is 12.5. The SMILES string of the molecule is CC(C)(C)c1ccc(OCC(=O)O)c([C@H]2C[C@@](C)(NC(=O)CCO)C[C@@H](c3cccc(Cl)c3)O2)c1. The summed E-state index contributed by atoms with van der Waals surface area (Å²) in [7, 11) is 0. The quantitative estimate of drug-likeness (QED) is 0.470. The van der Waals surface area contributed by atoms with Crippen molar-refractivity contribution in [1.82, 2.24) is 5.32 Å². The lowest BCUT2D eigenvalue weighted by Crippen LogP contribution is -2.51. The minimum atomic E-state index is -1.07. The van der Waals surface area contributed by atoms with E-state index in [2.05, 4.69) is 26.1 Å². The number of amides is 1. The maximum absolute atomic E-state index is 12.5. The Bertz CT molecular complexity index is 1070. The summed E-state index contributed by atoms with van der Waals surface area (Å²) >= 11 is 6.25. The molecule has 0 bridgehead atoms. The van der Waals surface area contributed by atoms with Gasteiger partial charge in [-0.15, -0.1) is 0 Å². The number of aliphatic hydroxyl groups is 1. The number of carboxylic acids is 1. The Balaban J connectivity index is 2.06. The molecule has 190 valence electrons. The van der Waals surface area contributed by atoms with Gasteiger partial charge in [-0.3, -0.25) is 4.79 Å². The highest BCUT2D eigenvalue weighted by atomic mass is 35.5. The Morgan fingerprint density at radius 1 is 1.17 bits per heavy atom. The average molecular weight is 504 g/mol. The van der Waals surface area contributed by atoms with Crippen molar-refractivity contribution in [2.75, 3.05) is 13.2 Å². The molecule has 1 saturated heterocycles. The Morgan fingerprint density at radius 2 is 1.89 bits per heavy atom. The smallest absolute Gasteiger partial charge is 0.341 e. The van der Waals surface area contributed by atoms with Gasteiger partial charge in [0.05, 0.1) is 18.8 Å². The van der Waals surface area contributed by atoms with Crippen LogP contribution in [0.2, 0.25) is 5.02 Å². The summed E-state index contributed by atoms with van der Waals surface area (Å²) in [5.74, 6) is -0.884. The fourth-order valence-corrected chi connectivity index (χ4v) is 4.62. The number of benzene rings is 2. The Kier molecular flexibility index (Phi) is 8.46. The van der Waals surface area contributed by atoms with Gasteiger partial charge in [-0.05, 0) is 47.7 Å². The molecular formula is C27H34ClNO6.